The van der Waals surface area contributed by atoms with E-state index in [0.717, 1.165) is 10.9 Å². The van der Waals surface area contributed by atoms with Gasteiger partial charge in [-0.15, -0.1) is 0 Å². The highest BCUT2D eigenvalue weighted by Gasteiger charge is 2.13. The van der Waals surface area contributed by atoms with E-state index in [-0.39, 0.29) is 11.4 Å². The molecule has 1 aromatic heterocycles. The van der Waals surface area contributed by atoms with Gasteiger partial charge in [-0.25, -0.2) is 13.1 Å². The van der Waals surface area contributed by atoms with Gasteiger partial charge in [0.05, 0.1) is 18.1 Å². The molecule has 0 aliphatic rings. The zero-order valence-electron chi connectivity index (χ0n) is 16.9. The number of sulfonamides is 1. The van der Waals surface area contributed by atoms with Crippen LogP contribution in [0.5, 0.6) is 11.5 Å². The Kier molecular flexibility index (Phi) is 8.01. The summed E-state index contributed by atoms with van der Waals surface area (Å²) in [5.74, 6) is 1.29. The second kappa shape index (κ2) is 10.9. The first-order chi connectivity index (χ1) is 14.6. The molecule has 2 aromatic carbocycles. The summed E-state index contributed by atoms with van der Waals surface area (Å²) < 4.78 is 43.9. The second-order valence-corrected chi connectivity index (χ2v) is 8.21. The van der Waals surface area contributed by atoms with Gasteiger partial charge in [0.25, 0.3) is 0 Å². The minimum atomic E-state index is -3.58. The molecule has 30 heavy (non-hydrogen) atoms. The number of pyridine rings is 1. The number of hydrogen-bond acceptors (Lipinski definition) is 6. The van der Waals surface area contributed by atoms with Gasteiger partial charge in [-0.3, -0.25) is 4.98 Å². The molecule has 0 aliphatic carbocycles. The summed E-state index contributed by atoms with van der Waals surface area (Å²) in [5, 5.41) is 1.00. The van der Waals surface area contributed by atoms with Crippen molar-refractivity contribution in [2.75, 3.05) is 33.0 Å². The fourth-order valence-corrected chi connectivity index (χ4v) is 3.89. The van der Waals surface area contributed by atoms with Crippen molar-refractivity contribution < 1.29 is 22.6 Å². The van der Waals surface area contributed by atoms with Crippen molar-refractivity contribution in [2.24, 2.45) is 0 Å². The molecule has 0 saturated carbocycles. The minimum absolute atomic E-state index is 0.193. The lowest BCUT2D eigenvalue weighted by Crippen LogP contribution is -2.25. The summed E-state index contributed by atoms with van der Waals surface area (Å²) in [6.07, 6.45) is 2.25. The van der Waals surface area contributed by atoms with Crippen LogP contribution in [0.25, 0.3) is 10.9 Å². The third kappa shape index (κ3) is 6.16. The predicted octanol–water partition coefficient (Wildman–Crippen LogP) is 3.40. The van der Waals surface area contributed by atoms with E-state index in [1.807, 2.05) is 37.3 Å². The summed E-state index contributed by atoms with van der Waals surface area (Å²) in [7, 11) is -3.58. The normalized spacial score (nSPS) is 11.5. The topological polar surface area (TPSA) is 86.8 Å². The lowest BCUT2D eigenvalue weighted by molar-refractivity contribution is 0.110. The highest BCUT2D eigenvalue weighted by molar-refractivity contribution is 7.89. The molecule has 0 atom stereocenters. The Bertz CT molecular complexity index is 1030. The first-order valence-electron chi connectivity index (χ1n) is 9.87. The molecular weight excluding hydrogens is 404 g/mol. The maximum Gasteiger partial charge on any atom is 0.240 e. The molecule has 160 valence electrons. The molecule has 8 heteroatoms. The molecule has 1 heterocycles. The monoisotopic (exact) mass is 430 g/mol. The summed E-state index contributed by atoms with van der Waals surface area (Å²) >= 11 is 0. The molecular formula is C22H26N2O5S. The Morgan fingerprint density at radius 1 is 0.933 bits per heavy atom. The molecule has 0 bridgehead atoms. The van der Waals surface area contributed by atoms with Crippen LogP contribution in [0.2, 0.25) is 0 Å². The van der Waals surface area contributed by atoms with E-state index in [1.54, 1.807) is 18.3 Å². The van der Waals surface area contributed by atoms with Crippen LogP contribution >= 0.6 is 0 Å². The smallest absolute Gasteiger partial charge is 0.240 e. The number of aromatic nitrogens is 1. The second-order valence-electron chi connectivity index (χ2n) is 6.45. The maximum absolute atomic E-state index is 12.4. The van der Waals surface area contributed by atoms with E-state index in [1.165, 1.54) is 12.1 Å². The molecule has 1 N–H and O–H groups in total. The van der Waals surface area contributed by atoms with Gasteiger partial charge < -0.3 is 14.2 Å². The standard InChI is InChI=1S/C22H26N2O5S/c1-2-27-16-17-28-19-9-11-20(12-10-19)30(25,26)24-14-5-15-29-21-8-3-6-18-7-4-13-23-22(18)21/h3-4,6-13,24H,2,5,14-17H2,1H3. The quantitative estimate of drug-likeness (QED) is 0.443. The largest absolute Gasteiger partial charge is 0.491 e. The van der Waals surface area contributed by atoms with Gasteiger partial charge in [-0.1, -0.05) is 18.2 Å². The molecule has 3 rings (SSSR count). The SMILES string of the molecule is CCOCCOc1ccc(S(=O)(=O)NCCCOc2cccc3cccnc23)cc1. The van der Waals surface area contributed by atoms with E-state index in [2.05, 4.69) is 9.71 Å². The molecule has 0 unspecified atom stereocenters. The fourth-order valence-electron chi connectivity index (χ4n) is 2.81. The Labute approximate surface area is 177 Å². The summed E-state index contributed by atoms with van der Waals surface area (Å²) in [4.78, 5) is 4.53. The number of benzene rings is 2. The number of nitrogens with one attached hydrogen (secondary N) is 1. The first-order valence-corrected chi connectivity index (χ1v) is 11.4. The zero-order chi connectivity index (χ0) is 21.2. The van der Waals surface area contributed by atoms with E-state index in [9.17, 15) is 8.42 Å². The fraction of sp³-hybridized carbons (Fsp3) is 0.318. The van der Waals surface area contributed by atoms with Gasteiger partial charge in [0.15, 0.2) is 0 Å². The Balaban J connectivity index is 1.44. The van der Waals surface area contributed by atoms with Crippen LogP contribution in [0.1, 0.15) is 13.3 Å². The maximum atomic E-state index is 12.4. The van der Waals surface area contributed by atoms with Crippen molar-refractivity contribution in [3.05, 3.63) is 60.8 Å². The van der Waals surface area contributed by atoms with Crippen LogP contribution in [-0.4, -0.2) is 46.4 Å². The number of hydrogen-bond donors (Lipinski definition) is 1. The van der Waals surface area contributed by atoms with Crippen LogP contribution < -0.4 is 14.2 Å². The lowest BCUT2D eigenvalue weighted by atomic mass is 10.2. The number of ether oxygens (including phenoxy) is 3. The van der Waals surface area contributed by atoms with E-state index >= 15 is 0 Å². The van der Waals surface area contributed by atoms with E-state index in [0.29, 0.717) is 44.3 Å². The average Bonchev–Trinajstić information content (AvgIpc) is 2.77. The summed E-state index contributed by atoms with van der Waals surface area (Å²) in [6.45, 7) is 4.12. The van der Waals surface area contributed by atoms with Crippen molar-refractivity contribution >= 4 is 20.9 Å². The lowest BCUT2D eigenvalue weighted by Gasteiger charge is -2.10. The van der Waals surface area contributed by atoms with Crippen molar-refractivity contribution in [3.8, 4) is 11.5 Å². The van der Waals surface area contributed by atoms with E-state index < -0.39 is 10.0 Å². The molecule has 0 radical (unpaired) electrons. The van der Waals surface area contributed by atoms with Crippen molar-refractivity contribution in [2.45, 2.75) is 18.2 Å². The molecule has 3 aromatic rings. The van der Waals surface area contributed by atoms with Crippen molar-refractivity contribution in [1.82, 2.24) is 9.71 Å². The predicted molar refractivity (Wildman–Crippen MR) is 115 cm³/mol. The molecule has 0 aliphatic heterocycles. The molecule has 0 amide bonds. The van der Waals surface area contributed by atoms with Crippen molar-refractivity contribution in [1.29, 1.82) is 0 Å². The molecule has 7 nitrogen and oxygen atoms in total. The first kappa shape index (κ1) is 22.0. The third-order valence-corrected chi connectivity index (χ3v) is 5.78. The summed E-state index contributed by atoms with van der Waals surface area (Å²) in [6, 6.07) is 15.9. The van der Waals surface area contributed by atoms with E-state index in [4.69, 9.17) is 14.2 Å². The third-order valence-electron chi connectivity index (χ3n) is 4.30. The number of rotatable bonds is 12. The van der Waals surface area contributed by atoms with Crippen LogP contribution in [0.3, 0.4) is 0 Å². The van der Waals surface area contributed by atoms with Crippen LogP contribution in [0, 0.1) is 0 Å². The highest BCUT2D eigenvalue weighted by atomic mass is 32.2. The van der Waals surface area contributed by atoms with Gasteiger partial charge >= 0.3 is 0 Å². The van der Waals surface area contributed by atoms with Gasteiger partial charge in [0.2, 0.25) is 10.0 Å². The summed E-state index contributed by atoms with van der Waals surface area (Å²) in [5.41, 5.74) is 0.796. The number of para-hydroxylation sites is 1. The van der Waals surface area contributed by atoms with Gasteiger partial charge in [-0.2, -0.15) is 0 Å². The van der Waals surface area contributed by atoms with Gasteiger partial charge in [-0.05, 0) is 49.7 Å². The number of fused-ring (bicyclic) bond motifs is 1. The van der Waals surface area contributed by atoms with Crippen LogP contribution in [0.4, 0.5) is 0 Å². The van der Waals surface area contributed by atoms with Crippen molar-refractivity contribution in [3.63, 3.8) is 0 Å². The van der Waals surface area contributed by atoms with Crippen LogP contribution in [0.15, 0.2) is 65.7 Å². The Hall–Kier alpha value is -2.68. The minimum Gasteiger partial charge on any atom is -0.491 e. The Morgan fingerprint density at radius 2 is 1.73 bits per heavy atom. The number of nitrogens with zero attached hydrogens (tertiary/aromatic N) is 1. The average molecular weight is 431 g/mol. The molecule has 0 saturated heterocycles. The Morgan fingerprint density at radius 3 is 2.53 bits per heavy atom. The highest BCUT2D eigenvalue weighted by Crippen LogP contribution is 2.23. The molecule has 0 spiro atoms. The molecule has 0 fully saturated rings. The van der Waals surface area contributed by atoms with Crippen LogP contribution in [-0.2, 0) is 14.8 Å². The van der Waals surface area contributed by atoms with Gasteiger partial charge in [0.1, 0.15) is 23.6 Å². The zero-order valence-corrected chi connectivity index (χ0v) is 17.7. The van der Waals surface area contributed by atoms with Gasteiger partial charge in [0, 0.05) is 24.7 Å².